The molecule has 0 radical (unpaired) electrons. The number of aryl methyl sites for hydroxylation is 2. The predicted molar refractivity (Wildman–Crippen MR) is 162 cm³/mol. The van der Waals surface area contributed by atoms with Gasteiger partial charge in [0.2, 0.25) is 0 Å². The van der Waals surface area contributed by atoms with Gasteiger partial charge in [-0.15, -0.1) is 0 Å². The number of para-hydroxylation sites is 3. The Kier molecular flexibility index (Phi) is 4.39. The Morgan fingerprint density at radius 3 is 2.11 bits per heavy atom. The molecular formula is C36H25NO. The lowest BCUT2D eigenvalue weighted by Crippen LogP contribution is -2.11. The summed E-state index contributed by atoms with van der Waals surface area (Å²) in [5, 5.41) is 10.1. The fourth-order valence-corrected chi connectivity index (χ4v) is 6.28. The summed E-state index contributed by atoms with van der Waals surface area (Å²) in [6.07, 6.45) is 0. The second kappa shape index (κ2) is 7.84. The highest BCUT2D eigenvalue weighted by molar-refractivity contribution is 6.27. The first-order valence-corrected chi connectivity index (χ1v) is 13.1. The van der Waals surface area contributed by atoms with Crippen LogP contribution in [0.5, 0.6) is 0 Å². The van der Waals surface area contributed by atoms with Crippen LogP contribution in [0.2, 0.25) is 0 Å². The molecule has 0 fully saturated rings. The Labute approximate surface area is 220 Å². The van der Waals surface area contributed by atoms with Crippen LogP contribution in [0, 0.1) is 13.8 Å². The van der Waals surface area contributed by atoms with Crippen molar-refractivity contribution in [2.75, 3.05) is 4.90 Å². The Morgan fingerprint density at radius 2 is 1.21 bits per heavy atom. The summed E-state index contributed by atoms with van der Waals surface area (Å²) < 4.78 is 6.54. The third-order valence-electron chi connectivity index (χ3n) is 8.06. The van der Waals surface area contributed by atoms with E-state index in [1.54, 1.807) is 0 Å². The molecule has 7 aromatic carbocycles. The largest absolute Gasteiger partial charge is 0.454 e. The second-order valence-electron chi connectivity index (χ2n) is 10.3. The van der Waals surface area contributed by atoms with E-state index in [9.17, 15) is 0 Å². The van der Waals surface area contributed by atoms with Gasteiger partial charge in [-0.05, 0) is 82.2 Å². The van der Waals surface area contributed by atoms with Crippen molar-refractivity contribution < 1.29 is 4.42 Å². The van der Waals surface area contributed by atoms with Gasteiger partial charge in [0.05, 0.1) is 11.4 Å². The van der Waals surface area contributed by atoms with Crippen LogP contribution in [0.25, 0.3) is 54.3 Å². The highest BCUT2D eigenvalue weighted by atomic mass is 16.3. The Balaban J connectivity index is 1.53. The lowest BCUT2D eigenvalue weighted by Gasteiger charge is -2.28. The van der Waals surface area contributed by atoms with Crippen molar-refractivity contribution in [2.45, 2.75) is 13.8 Å². The van der Waals surface area contributed by atoms with Crippen LogP contribution < -0.4 is 4.90 Å². The Hall–Kier alpha value is -4.82. The third kappa shape index (κ3) is 2.89. The van der Waals surface area contributed by atoms with Gasteiger partial charge in [0.15, 0.2) is 5.58 Å². The van der Waals surface area contributed by atoms with Crippen LogP contribution in [0.3, 0.4) is 0 Å². The molecule has 0 unspecified atom stereocenters. The minimum Gasteiger partial charge on any atom is -0.454 e. The van der Waals surface area contributed by atoms with E-state index in [1.165, 1.54) is 43.4 Å². The molecule has 0 atom stereocenters. The van der Waals surface area contributed by atoms with E-state index in [4.69, 9.17) is 4.42 Å². The van der Waals surface area contributed by atoms with Crippen molar-refractivity contribution >= 4 is 71.3 Å². The van der Waals surface area contributed by atoms with Crippen molar-refractivity contribution in [3.8, 4) is 0 Å². The van der Waals surface area contributed by atoms with Gasteiger partial charge < -0.3 is 9.32 Å². The molecule has 0 aliphatic carbocycles. The highest BCUT2D eigenvalue weighted by Gasteiger charge is 2.23. The summed E-state index contributed by atoms with van der Waals surface area (Å²) in [4.78, 5) is 2.37. The molecule has 1 aromatic heterocycles. The van der Waals surface area contributed by atoms with Gasteiger partial charge in [-0.1, -0.05) is 84.9 Å². The van der Waals surface area contributed by atoms with E-state index in [2.05, 4.69) is 128 Å². The molecule has 0 saturated heterocycles. The number of hydrogen-bond donors (Lipinski definition) is 0. The molecule has 2 nitrogen and oxygen atoms in total. The molecule has 0 amide bonds. The first-order chi connectivity index (χ1) is 18.7. The smallest absolute Gasteiger partial charge is 0.159 e. The molecule has 8 rings (SSSR count). The van der Waals surface area contributed by atoms with E-state index >= 15 is 0 Å². The minimum atomic E-state index is 0.900. The van der Waals surface area contributed by atoms with Crippen molar-refractivity contribution in [2.24, 2.45) is 0 Å². The molecule has 0 aliphatic heterocycles. The maximum Gasteiger partial charge on any atom is 0.159 e. The summed E-state index contributed by atoms with van der Waals surface area (Å²) in [5.41, 5.74) is 7.68. The molecular weight excluding hydrogens is 462 g/mol. The van der Waals surface area contributed by atoms with E-state index in [0.29, 0.717) is 0 Å². The topological polar surface area (TPSA) is 16.4 Å². The molecule has 0 spiro atoms. The van der Waals surface area contributed by atoms with Crippen LogP contribution in [0.1, 0.15) is 11.1 Å². The monoisotopic (exact) mass is 487 g/mol. The molecule has 0 bridgehead atoms. The average molecular weight is 488 g/mol. The first kappa shape index (κ1) is 21.3. The lowest BCUT2D eigenvalue weighted by molar-refractivity contribution is 0.669. The molecule has 2 heteroatoms. The fourth-order valence-electron chi connectivity index (χ4n) is 6.28. The zero-order valence-electron chi connectivity index (χ0n) is 21.3. The zero-order valence-corrected chi connectivity index (χ0v) is 21.3. The summed E-state index contributed by atoms with van der Waals surface area (Å²) in [6, 6.07) is 41.4. The van der Waals surface area contributed by atoms with Gasteiger partial charge in [-0.3, -0.25) is 0 Å². The van der Waals surface area contributed by atoms with Crippen molar-refractivity contribution in [3.63, 3.8) is 0 Å². The average Bonchev–Trinajstić information content (AvgIpc) is 3.34. The second-order valence-corrected chi connectivity index (χ2v) is 10.3. The normalized spacial score (nSPS) is 11.9. The molecule has 8 aromatic rings. The third-order valence-corrected chi connectivity index (χ3v) is 8.06. The van der Waals surface area contributed by atoms with Crippen LogP contribution >= 0.6 is 0 Å². The molecule has 38 heavy (non-hydrogen) atoms. The first-order valence-electron chi connectivity index (χ1n) is 13.1. The van der Waals surface area contributed by atoms with E-state index < -0.39 is 0 Å². The van der Waals surface area contributed by atoms with Crippen LogP contribution in [-0.4, -0.2) is 0 Å². The van der Waals surface area contributed by atoms with Crippen molar-refractivity contribution in [3.05, 3.63) is 126 Å². The number of nitrogens with zero attached hydrogens (tertiary/aromatic N) is 1. The van der Waals surface area contributed by atoms with Gasteiger partial charge in [-0.25, -0.2) is 0 Å². The standard InChI is InChI=1S/C36H25NO/c1-22-15-16-24-17-18-27-23(2)21-32(30-20-19-26(22)34(24)35(27)30)37(25-9-4-3-5-10-25)31-13-8-12-29-28-11-6-7-14-33(28)38-36(29)31/h3-21H,1-2H3. The summed E-state index contributed by atoms with van der Waals surface area (Å²) in [5.74, 6) is 0. The Bertz CT molecular complexity index is 2150. The number of anilines is 3. The summed E-state index contributed by atoms with van der Waals surface area (Å²) in [6.45, 7) is 4.44. The predicted octanol–water partition coefficient (Wildman–Crippen LogP) is 10.6. The van der Waals surface area contributed by atoms with Gasteiger partial charge in [-0.2, -0.15) is 0 Å². The number of rotatable bonds is 3. The summed E-state index contributed by atoms with van der Waals surface area (Å²) in [7, 11) is 0. The quantitative estimate of drug-likeness (QED) is 0.230. The molecule has 0 saturated carbocycles. The van der Waals surface area contributed by atoms with Gasteiger partial charge >= 0.3 is 0 Å². The SMILES string of the molecule is Cc1ccc2ccc3c(C)cc(N(c4ccccc4)c4cccc5c4oc4ccccc45)c4ccc1c2c34. The number of hydrogen-bond acceptors (Lipinski definition) is 2. The van der Waals surface area contributed by atoms with E-state index in [1.807, 2.05) is 6.07 Å². The molecule has 0 aliphatic rings. The molecule has 180 valence electrons. The number of furan rings is 1. The summed E-state index contributed by atoms with van der Waals surface area (Å²) >= 11 is 0. The van der Waals surface area contributed by atoms with Gasteiger partial charge in [0, 0.05) is 21.8 Å². The molecule has 0 N–H and O–H groups in total. The Morgan fingerprint density at radius 1 is 0.500 bits per heavy atom. The van der Waals surface area contributed by atoms with Crippen molar-refractivity contribution in [1.29, 1.82) is 0 Å². The van der Waals surface area contributed by atoms with Crippen LogP contribution in [0.4, 0.5) is 17.1 Å². The fraction of sp³-hybridized carbons (Fsp3) is 0.0556. The van der Waals surface area contributed by atoms with Gasteiger partial charge in [0.25, 0.3) is 0 Å². The van der Waals surface area contributed by atoms with Crippen molar-refractivity contribution in [1.82, 2.24) is 0 Å². The van der Waals surface area contributed by atoms with Crippen LogP contribution in [-0.2, 0) is 0 Å². The van der Waals surface area contributed by atoms with E-state index in [-0.39, 0.29) is 0 Å². The minimum absolute atomic E-state index is 0.900. The lowest BCUT2D eigenvalue weighted by atomic mass is 9.89. The number of benzene rings is 7. The van der Waals surface area contributed by atoms with Crippen LogP contribution in [0.15, 0.2) is 120 Å². The van der Waals surface area contributed by atoms with E-state index in [0.717, 1.165) is 39.0 Å². The highest BCUT2D eigenvalue weighted by Crippen LogP contribution is 2.47. The zero-order chi connectivity index (χ0) is 25.4. The van der Waals surface area contributed by atoms with Gasteiger partial charge in [0.1, 0.15) is 5.58 Å². The molecule has 1 heterocycles. The number of fused-ring (bicyclic) bond motifs is 3. The maximum atomic E-state index is 6.54. The maximum absolute atomic E-state index is 6.54.